The van der Waals surface area contributed by atoms with E-state index in [1.807, 2.05) is 24.3 Å². The van der Waals surface area contributed by atoms with Crippen molar-refractivity contribution in [2.75, 3.05) is 11.9 Å². The summed E-state index contributed by atoms with van der Waals surface area (Å²) in [5, 5.41) is 3.35. The first-order valence-electron chi connectivity index (χ1n) is 6.72. The van der Waals surface area contributed by atoms with Gasteiger partial charge in [0.25, 0.3) is 0 Å². The Morgan fingerprint density at radius 2 is 1.75 bits per heavy atom. The van der Waals surface area contributed by atoms with Crippen LogP contribution in [0.3, 0.4) is 0 Å². The van der Waals surface area contributed by atoms with Gasteiger partial charge in [0.15, 0.2) is 5.82 Å². The van der Waals surface area contributed by atoms with Crippen molar-refractivity contribution in [3.8, 4) is 11.4 Å². The predicted molar refractivity (Wildman–Crippen MR) is 91.0 cm³/mol. The van der Waals surface area contributed by atoms with Gasteiger partial charge in [0.2, 0.25) is 0 Å². The van der Waals surface area contributed by atoms with E-state index in [-0.39, 0.29) is 0 Å². The Bertz CT molecular complexity index is 582. The Kier molecular flexibility index (Phi) is 5.54. The van der Waals surface area contributed by atoms with Crippen molar-refractivity contribution in [2.24, 2.45) is 0 Å². The van der Waals surface area contributed by atoms with E-state index in [0.717, 1.165) is 51.2 Å². The molecule has 0 fully saturated rings. The second-order valence-electron chi connectivity index (χ2n) is 4.44. The Morgan fingerprint density at radius 1 is 1.05 bits per heavy atom. The lowest BCUT2D eigenvalue weighted by molar-refractivity contribution is 0.944. The van der Waals surface area contributed by atoms with E-state index in [0.29, 0.717) is 0 Å². The summed E-state index contributed by atoms with van der Waals surface area (Å²) in [6, 6.07) is 8.06. The van der Waals surface area contributed by atoms with Crippen LogP contribution >= 0.6 is 31.9 Å². The molecule has 0 atom stereocenters. The van der Waals surface area contributed by atoms with Gasteiger partial charge in [-0.05, 0) is 40.9 Å². The third-order valence-electron chi connectivity index (χ3n) is 2.90. The van der Waals surface area contributed by atoms with Crippen LogP contribution in [-0.2, 0) is 6.42 Å². The van der Waals surface area contributed by atoms with Crippen molar-refractivity contribution in [1.82, 2.24) is 9.97 Å². The van der Waals surface area contributed by atoms with Crippen LogP contribution in [-0.4, -0.2) is 16.5 Å². The molecule has 1 heterocycles. The van der Waals surface area contributed by atoms with E-state index in [1.165, 1.54) is 0 Å². The quantitative estimate of drug-likeness (QED) is 0.765. The molecule has 0 saturated heterocycles. The van der Waals surface area contributed by atoms with Crippen LogP contribution < -0.4 is 5.32 Å². The van der Waals surface area contributed by atoms with Gasteiger partial charge in [-0.15, -0.1) is 0 Å². The first kappa shape index (κ1) is 15.4. The topological polar surface area (TPSA) is 37.8 Å². The molecule has 0 aliphatic heterocycles. The molecule has 0 radical (unpaired) electrons. The Hall–Kier alpha value is -0.940. The molecule has 0 aliphatic rings. The lowest BCUT2D eigenvalue weighted by atomic mass is 10.2. The maximum atomic E-state index is 4.65. The molecule has 0 spiro atoms. The zero-order chi connectivity index (χ0) is 14.5. The third-order valence-corrected chi connectivity index (χ3v) is 4.26. The first-order chi connectivity index (χ1) is 9.65. The fraction of sp³-hybridized carbons (Fsp3) is 0.333. The van der Waals surface area contributed by atoms with E-state index < -0.39 is 0 Å². The number of halogens is 2. The van der Waals surface area contributed by atoms with Crippen LogP contribution in [0.15, 0.2) is 33.2 Å². The molecule has 3 nitrogen and oxygen atoms in total. The average molecular weight is 399 g/mol. The fourth-order valence-electron chi connectivity index (χ4n) is 1.82. The lowest BCUT2D eigenvalue weighted by Gasteiger charge is -2.12. The number of nitrogens with one attached hydrogen (secondary N) is 1. The minimum Gasteiger partial charge on any atom is -0.369 e. The van der Waals surface area contributed by atoms with Crippen LogP contribution in [0, 0.1) is 0 Å². The smallest absolute Gasteiger partial charge is 0.161 e. The highest BCUT2D eigenvalue weighted by atomic mass is 79.9. The van der Waals surface area contributed by atoms with Crippen molar-refractivity contribution in [3.63, 3.8) is 0 Å². The van der Waals surface area contributed by atoms with Gasteiger partial charge in [0, 0.05) is 16.6 Å². The molecule has 0 bridgehead atoms. The van der Waals surface area contributed by atoms with Crippen molar-refractivity contribution < 1.29 is 0 Å². The highest BCUT2D eigenvalue weighted by Crippen LogP contribution is 2.28. The molecule has 2 aromatic rings. The van der Waals surface area contributed by atoms with Gasteiger partial charge in [-0.25, -0.2) is 9.97 Å². The van der Waals surface area contributed by atoms with Crippen LogP contribution in [0.2, 0.25) is 0 Å². The molecule has 106 valence electrons. The molecule has 2 rings (SSSR count). The summed E-state index contributed by atoms with van der Waals surface area (Å²) in [7, 11) is 0. The van der Waals surface area contributed by atoms with Gasteiger partial charge in [-0.3, -0.25) is 0 Å². The van der Waals surface area contributed by atoms with Crippen LogP contribution in [0.5, 0.6) is 0 Å². The number of aromatic nitrogens is 2. The maximum absolute atomic E-state index is 4.65. The average Bonchev–Trinajstić information content (AvgIpc) is 2.47. The second-order valence-corrected chi connectivity index (χ2v) is 6.15. The summed E-state index contributed by atoms with van der Waals surface area (Å²) in [5.41, 5.74) is 2.05. The molecule has 0 amide bonds. The third kappa shape index (κ3) is 3.58. The number of benzene rings is 1. The fourth-order valence-corrected chi connectivity index (χ4v) is 2.68. The molecule has 1 aromatic carbocycles. The van der Waals surface area contributed by atoms with E-state index >= 15 is 0 Å². The summed E-state index contributed by atoms with van der Waals surface area (Å²) in [6.45, 7) is 5.14. The first-order valence-corrected chi connectivity index (χ1v) is 8.30. The van der Waals surface area contributed by atoms with Crippen LogP contribution in [0.4, 0.5) is 5.82 Å². The Morgan fingerprint density at radius 3 is 2.35 bits per heavy atom. The Balaban J connectivity index is 2.44. The molecular weight excluding hydrogens is 382 g/mol. The highest BCUT2D eigenvalue weighted by molar-refractivity contribution is 9.11. The van der Waals surface area contributed by atoms with Crippen LogP contribution in [0.1, 0.15) is 26.0 Å². The van der Waals surface area contributed by atoms with Gasteiger partial charge in [0.1, 0.15) is 5.82 Å². The SMILES string of the molecule is CCCNc1nc(-c2ccc(Br)cc2)nc(CC)c1Br. The standard InChI is InChI=1S/C15H17Br2N3/c1-3-9-18-15-13(17)12(4-2)19-14(20-15)10-5-7-11(16)8-6-10/h5-8H,3-4,9H2,1-2H3,(H,18,19,20). The largest absolute Gasteiger partial charge is 0.369 e. The second kappa shape index (κ2) is 7.18. The van der Waals surface area contributed by atoms with Crippen LogP contribution in [0.25, 0.3) is 11.4 Å². The monoisotopic (exact) mass is 397 g/mol. The predicted octanol–water partition coefficient (Wildman–Crippen LogP) is 5.05. The minimum atomic E-state index is 0.760. The van der Waals surface area contributed by atoms with Gasteiger partial charge < -0.3 is 5.32 Å². The Labute approximate surface area is 136 Å². The lowest BCUT2D eigenvalue weighted by Crippen LogP contribution is -2.07. The van der Waals surface area contributed by atoms with E-state index in [4.69, 9.17) is 0 Å². The summed E-state index contributed by atoms with van der Waals surface area (Å²) in [4.78, 5) is 9.28. The number of anilines is 1. The normalized spacial score (nSPS) is 10.6. The number of hydrogen-bond acceptors (Lipinski definition) is 3. The molecule has 5 heteroatoms. The molecule has 20 heavy (non-hydrogen) atoms. The van der Waals surface area contributed by atoms with Gasteiger partial charge >= 0.3 is 0 Å². The molecule has 0 unspecified atom stereocenters. The van der Waals surface area contributed by atoms with Gasteiger partial charge in [-0.2, -0.15) is 0 Å². The van der Waals surface area contributed by atoms with Crippen molar-refractivity contribution in [1.29, 1.82) is 0 Å². The summed E-state index contributed by atoms with van der Waals surface area (Å²) in [5.74, 6) is 1.63. The molecular formula is C15H17Br2N3. The molecule has 1 N–H and O–H groups in total. The van der Waals surface area contributed by atoms with Crippen molar-refractivity contribution in [2.45, 2.75) is 26.7 Å². The molecule has 0 saturated carbocycles. The number of nitrogens with zero attached hydrogens (tertiary/aromatic N) is 2. The zero-order valence-corrected chi connectivity index (χ0v) is 14.8. The van der Waals surface area contributed by atoms with Crippen molar-refractivity contribution in [3.05, 3.63) is 38.9 Å². The van der Waals surface area contributed by atoms with Gasteiger partial charge in [-0.1, -0.05) is 41.9 Å². The zero-order valence-electron chi connectivity index (χ0n) is 11.6. The minimum absolute atomic E-state index is 0.760. The molecule has 0 aliphatic carbocycles. The summed E-state index contributed by atoms with van der Waals surface area (Å²) < 4.78 is 2.02. The summed E-state index contributed by atoms with van der Waals surface area (Å²) in [6.07, 6.45) is 1.93. The highest BCUT2D eigenvalue weighted by Gasteiger charge is 2.12. The van der Waals surface area contributed by atoms with E-state index in [1.54, 1.807) is 0 Å². The number of aryl methyl sites for hydroxylation is 1. The van der Waals surface area contributed by atoms with Crippen molar-refractivity contribution >= 4 is 37.7 Å². The maximum Gasteiger partial charge on any atom is 0.161 e. The number of rotatable bonds is 5. The molecule has 1 aromatic heterocycles. The summed E-state index contributed by atoms with van der Waals surface area (Å²) >= 11 is 7.04. The van der Waals surface area contributed by atoms with Gasteiger partial charge in [0.05, 0.1) is 10.2 Å². The number of hydrogen-bond donors (Lipinski definition) is 1. The van der Waals surface area contributed by atoms with E-state index in [9.17, 15) is 0 Å². The van der Waals surface area contributed by atoms with E-state index in [2.05, 4.69) is 61.0 Å².